The minimum absolute atomic E-state index is 0.400. The standard InChI is InChI=1S/C17H21N3O/c1-2-4-16(5-3-1)21-17-6-13-9-20(10-14(13)7-17)11-15-8-18-12-19-15/h1-5,8,12-14,17H,6-7,9-11H2,(H,18,19)/t13-,14+,17?. The van der Waals surface area contributed by atoms with Gasteiger partial charge >= 0.3 is 0 Å². The molecule has 2 heterocycles. The first-order valence-electron chi connectivity index (χ1n) is 7.78. The molecular weight excluding hydrogens is 262 g/mol. The average molecular weight is 283 g/mol. The largest absolute Gasteiger partial charge is 0.490 e. The smallest absolute Gasteiger partial charge is 0.119 e. The van der Waals surface area contributed by atoms with Crippen LogP contribution < -0.4 is 4.74 Å². The van der Waals surface area contributed by atoms with Crippen molar-refractivity contribution in [3.63, 3.8) is 0 Å². The second-order valence-electron chi connectivity index (χ2n) is 6.32. The lowest BCUT2D eigenvalue weighted by molar-refractivity contribution is 0.184. The lowest BCUT2D eigenvalue weighted by atomic mass is 10.0. The SMILES string of the molecule is c1ccc(OC2C[C@@H]3CN(Cc4cnc[nH]4)C[C@@H]3C2)cc1. The number of imidazole rings is 1. The Morgan fingerprint density at radius 2 is 1.90 bits per heavy atom. The fourth-order valence-corrected chi connectivity index (χ4v) is 3.87. The summed E-state index contributed by atoms with van der Waals surface area (Å²) >= 11 is 0. The van der Waals surface area contributed by atoms with Crippen LogP contribution in [0.15, 0.2) is 42.9 Å². The fourth-order valence-electron chi connectivity index (χ4n) is 3.87. The van der Waals surface area contributed by atoms with Crippen LogP contribution in [0.2, 0.25) is 0 Å². The zero-order valence-corrected chi connectivity index (χ0v) is 12.1. The first-order valence-corrected chi connectivity index (χ1v) is 7.78. The van der Waals surface area contributed by atoms with Gasteiger partial charge in [0.05, 0.1) is 12.4 Å². The number of aromatic nitrogens is 2. The summed E-state index contributed by atoms with van der Waals surface area (Å²) < 4.78 is 6.12. The molecule has 110 valence electrons. The molecule has 3 atom stereocenters. The molecule has 1 aliphatic carbocycles. The van der Waals surface area contributed by atoms with Crippen LogP contribution in [-0.4, -0.2) is 34.1 Å². The molecule has 0 radical (unpaired) electrons. The van der Waals surface area contributed by atoms with Crippen molar-refractivity contribution < 1.29 is 4.74 Å². The van der Waals surface area contributed by atoms with Crippen LogP contribution in [-0.2, 0) is 6.54 Å². The summed E-state index contributed by atoms with van der Waals surface area (Å²) in [4.78, 5) is 9.83. The topological polar surface area (TPSA) is 41.1 Å². The second-order valence-corrected chi connectivity index (χ2v) is 6.32. The van der Waals surface area contributed by atoms with E-state index in [1.165, 1.54) is 31.6 Å². The number of nitrogens with zero attached hydrogens (tertiary/aromatic N) is 2. The number of para-hydroxylation sites is 1. The third-order valence-corrected chi connectivity index (χ3v) is 4.78. The van der Waals surface area contributed by atoms with Gasteiger partial charge in [-0.25, -0.2) is 4.98 Å². The van der Waals surface area contributed by atoms with Gasteiger partial charge in [-0.2, -0.15) is 0 Å². The van der Waals surface area contributed by atoms with E-state index in [0.29, 0.717) is 6.10 Å². The van der Waals surface area contributed by atoms with E-state index < -0.39 is 0 Å². The Labute approximate surface area is 125 Å². The monoisotopic (exact) mass is 283 g/mol. The van der Waals surface area contributed by atoms with Crippen molar-refractivity contribution in [3.8, 4) is 5.75 Å². The Bertz CT molecular complexity index is 555. The van der Waals surface area contributed by atoms with Crippen molar-refractivity contribution in [1.82, 2.24) is 14.9 Å². The number of H-pyrrole nitrogens is 1. The van der Waals surface area contributed by atoms with Crippen LogP contribution in [0.1, 0.15) is 18.5 Å². The van der Waals surface area contributed by atoms with E-state index in [1.807, 2.05) is 24.4 Å². The Morgan fingerprint density at radius 1 is 1.14 bits per heavy atom. The molecule has 2 aromatic rings. The van der Waals surface area contributed by atoms with Gasteiger partial charge in [0.1, 0.15) is 5.75 Å². The van der Waals surface area contributed by atoms with Gasteiger partial charge in [-0.05, 0) is 36.8 Å². The number of hydrogen-bond donors (Lipinski definition) is 1. The Morgan fingerprint density at radius 3 is 2.57 bits per heavy atom. The Kier molecular flexibility index (Phi) is 3.39. The summed E-state index contributed by atoms with van der Waals surface area (Å²) in [7, 11) is 0. The van der Waals surface area contributed by atoms with Crippen molar-refractivity contribution in [2.24, 2.45) is 11.8 Å². The molecule has 2 aliphatic rings. The van der Waals surface area contributed by atoms with Gasteiger partial charge in [0.25, 0.3) is 0 Å². The maximum atomic E-state index is 6.12. The fraction of sp³-hybridized carbons (Fsp3) is 0.471. The van der Waals surface area contributed by atoms with Crippen molar-refractivity contribution in [2.45, 2.75) is 25.5 Å². The van der Waals surface area contributed by atoms with Gasteiger partial charge in [0, 0.05) is 31.5 Å². The van der Waals surface area contributed by atoms with Crippen molar-refractivity contribution in [2.75, 3.05) is 13.1 Å². The van der Waals surface area contributed by atoms with Gasteiger partial charge in [-0.1, -0.05) is 18.2 Å². The van der Waals surface area contributed by atoms with Crippen LogP contribution in [0.25, 0.3) is 0 Å². The van der Waals surface area contributed by atoms with Gasteiger partial charge in [0.2, 0.25) is 0 Å². The molecule has 1 aromatic carbocycles. The molecule has 1 aliphatic heterocycles. The van der Waals surface area contributed by atoms with E-state index in [2.05, 4.69) is 27.0 Å². The van der Waals surface area contributed by atoms with E-state index in [4.69, 9.17) is 4.74 Å². The molecule has 4 heteroatoms. The van der Waals surface area contributed by atoms with E-state index in [0.717, 1.165) is 24.1 Å². The minimum Gasteiger partial charge on any atom is -0.490 e. The molecule has 1 aromatic heterocycles. The predicted octanol–water partition coefficient (Wildman–Crippen LogP) is 2.70. The van der Waals surface area contributed by atoms with Crippen LogP contribution in [0.3, 0.4) is 0 Å². The summed E-state index contributed by atoms with van der Waals surface area (Å²) in [5.41, 5.74) is 1.21. The average Bonchev–Trinajstić information content (AvgIpc) is 3.17. The Hall–Kier alpha value is -1.81. The maximum Gasteiger partial charge on any atom is 0.119 e. The van der Waals surface area contributed by atoms with E-state index >= 15 is 0 Å². The van der Waals surface area contributed by atoms with Gasteiger partial charge in [-0.3, -0.25) is 4.90 Å². The van der Waals surface area contributed by atoms with Crippen LogP contribution in [0.4, 0.5) is 0 Å². The molecule has 4 nitrogen and oxygen atoms in total. The predicted molar refractivity (Wildman–Crippen MR) is 80.9 cm³/mol. The van der Waals surface area contributed by atoms with E-state index in [-0.39, 0.29) is 0 Å². The molecule has 21 heavy (non-hydrogen) atoms. The van der Waals surface area contributed by atoms with Crippen LogP contribution >= 0.6 is 0 Å². The maximum absolute atomic E-state index is 6.12. The molecule has 2 fully saturated rings. The lowest BCUT2D eigenvalue weighted by Crippen LogP contribution is -2.24. The number of aromatic amines is 1. The molecule has 0 amide bonds. The van der Waals surface area contributed by atoms with Crippen molar-refractivity contribution in [1.29, 1.82) is 0 Å². The van der Waals surface area contributed by atoms with Crippen LogP contribution in [0.5, 0.6) is 5.75 Å². The summed E-state index contributed by atoms with van der Waals surface area (Å²) in [6.45, 7) is 3.38. The molecule has 0 bridgehead atoms. The van der Waals surface area contributed by atoms with E-state index in [9.17, 15) is 0 Å². The van der Waals surface area contributed by atoms with E-state index in [1.54, 1.807) is 6.33 Å². The highest BCUT2D eigenvalue weighted by molar-refractivity contribution is 5.21. The number of hydrogen-bond acceptors (Lipinski definition) is 3. The lowest BCUT2D eigenvalue weighted by Gasteiger charge is -2.19. The first-order chi connectivity index (χ1) is 10.4. The highest BCUT2D eigenvalue weighted by Gasteiger charge is 2.41. The first kappa shape index (κ1) is 12.9. The van der Waals surface area contributed by atoms with Gasteiger partial charge < -0.3 is 9.72 Å². The van der Waals surface area contributed by atoms with Gasteiger partial charge in [0.15, 0.2) is 0 Å². The summed E-state index contributed by atoms with van der Waals surface area (Å²) in [5, 5.41) is 0. The molecule has 1 saturated heterocycles. The molecule has 1 unspecified atom stereocenters. The normalized spacial score (nSPS) is 28.7. The summed E-state index contributed by atoms with van der Waals surface area (Å²) in [5.74, 6) is 2.60. The van der Waals surface area contributed by atoms with Crippen LogP contribution in [0, 0.1) is 11.8 Å². The zero-order chi connectivity index (χ0) is 14.1. The molecule has 1 N–H and O–H groups in total. The van der Waals surface area contributed by atoms with Gasteiger partial charge in [-0.15, -0.1) is 0 Å². The third-order valence-electron chi connectivity index (χ3n) is 4.78. The summed E-state index contributed by atoms with van der Waals surface area (Å²) in [6, 6.07) is 10.2. The zero-order valence-electron chi connectivity index (χ0n) is 12.1. The second kappa shape index (κ2) is 5.53. The number of fused-ring (bicyclic) bond motifs is 1. The number of likely N-dealkylation sites (tertiary alicyclic amines) is 1. The number of rotatable bonds is 4. The molecular formula is C17H21N3O. The number of ether oxygens (including phenoxy) is 1. The Balaban J connectivity index is 1.31. The highest BCUT2D eigenvalue weighted by Crippen LogP contribution is 2.40. The van der Waals surface area contributed by atoms with Crippen molar-refractivity contribution >= 4 is 0 Å². The number of benzene rings is 1. The molecule has 0 spiro atoms. The number of nitrogens with one attached hydrogen (secondary N) is 1. The minimum atomic E-state index is 0.400. The quantitative estimate of drug-likeness (QED) is 0.938. The summed E-state index contributed by atoms with van der Waals surface area (Å²) in [6.07, 6.45) is 6.47. The van der Waals surface area contributed by atoms with Crippen molar-refractivity contribution in [3.05, 3.63) is 48.5 Å². The molecule has 4 rings (SSSR count). The third kappa shape index (κ3) is 2.81. The molecule has 1 saturated carbocycles. The highest BCUT2D eigenvalue weighted by atomic mass is 16.5.